The predicted molar refractivity (Wildman–Crippen MR) is 99.1 cm³/mol. The first-order valence-electron chi connectivity index (χ1n) is 8.30. The van der Waals surface area contributed by atoms with Crippen LogP contribution in [0, 0.1) is 17.0 Å². The lowest BCUT2D eigenvalue weighted by Gasteiger charge is -2.16. The first-order valence-corrected chi connectivity index (χ1v) is 8.68. The van der Waals surface area contributed by atoms with E-state index >= 15 is 0 Å². The van der Waals surface area contributed by atoms with E-state index in [1.807, 2.05) is 0 Å². The van der Waals surface area contributed by atoms with Gasteiger partial charge in [0.15, 0.2) is 17.4 Å². The third-order valence-corrected chi connectivity index (χ3v) is 4.36. The maximum atomic E-state index is 13.3. The molecular weight excluding hydrogens is 422 g/mol. The fraction of sp³-hybridized carbons (Fsp3) is 0.0588. The third-order valence-electron chi connectivity index (χ3n) is 4.07. The van der Waals surface area contributed by atoms with Gasteiger partial charge in [0, 0.05) is 5.56 Å². The van der Waals surface area contributed by atoms with E-state index in [0.717, 1.165) is 12.1 Å². The van der Waals surface area contributed by atoms with Crippen LogP contribution in [0.5, 0.6) is 0 Å². The molecule has 0 fully saturated rings. The predicted octanol–water partition coefficient (Wildman–Crippen LogP) is 2.92. The molecule has 0 amide bonds. The fourth-order valence-corrected chi connectivity index (χ4v) is 2.77. The van der Waals surface area contributed by atoms with Gasteiger partial charge >= 0.3 is 0 Å². The molecule has 2 aromatic carbocycles. The Morgan fingerprint density at radius 3 is 2.67 bits per heavy atom. The monoisotopic (exact) mass is 432 g/mol. The summed E-state index contributed by atoms with van der Waals surface area (Å²) in [4.78, 5) is 0. The van der Waals surface area contributed by atoms with Gasteiger partial charge in [0.1, 0.15) is 17.3 Å². The van der Waals surface area contributed by atoms with Crippen molar-refractivity contribution in [2.75, 3.05) is 5.06 Å². The maximum Gasteiger partial charge on any atom is 0.182 e. The number of anilines is 1. The number of rotatable bonds is 5. The average Bonchev–Trinajstić information content (AvgIpc) is 3.39. The second-order valence-electron chi connectivity index (χ2n) is 5.99. The molecule has 2 aromatic heterocycles. The van der Waals surface area contributed by atoms with Gasteiger partial charge in [-0.3, -0.25) is 10.6 Å². The number of benzene rings is 2. The van der Waals surface area contributed by atoms with Gasteiger partial charge in [0.05, 0.1) is 17.3 Å². The summed E-state index contributed by atoms with van der Waals surface area (Å²) in [6.45, 7) is -0.0566. The van der Waals surface area contributed by atoms with Crippen molar-refractivity contribution < 1.29 is 18.6 Å². The van der Waals surface area contributed by atoms with E-state index in [-0.39, 0.29) is 28.6 Å². The molecule has 0 aliphatic heterocycles. The van der Waals surface area contributed by atoms with Crippen LogP contribution in [0.4, 0.5) is 14.5 Å². The molecule has 0 spiro atoms. The summed E-state index contributed by atoms with van der Waals surface area (Å²) >= 11 is 5.72. The molecule has 0 bridgehead atoms. The molecule has 2 heterocycles. The Balaban J connectivity index is 1.60. The number of nitrogens with zero attached hydrogens (tertiary/aromatic N) is 7. The quantitative estimate of drug-likeness (QED) is 0.279. The summed E-state index contributed by atoms with van der Waals surface area (Å²) in [5.74, 6) is -1.25. The van der Waals surface area contributed by atoms with E-state index in [1.54, 1.807) is 0 Å². The summed E-state index contributed by atoms with van der Waals surface area (Å²) in [5.41, 5.74) is 0.635. The molecule has 0 atom stereocenters. The summed E-state index contributed by atoms with van der Waals surface area (Å²) < 4.78 is 32.6. The number of amidine groups is 1. The third kappa shape index (κ3) is 3.73. The normalized spacial score (nSPS) is 10.9. The minimum Gasteiger partial charge on any atom is -0.282 e. The highest BCUT2D eigenvalue weighted by atomic mass is 35.5. The zero-order chi connectivity index (χ0) is 21.3. The smallest absolute Gasteiger partial charge is 0.182 e. The van der Waals surface area contributed by atoms with E-state index in [4.69, 9.17) is 21.6 Å². The Hall–Kier alpha value is -3.77. The Morgan fingerprint density at radius 1 is 1.17 bits per heavy atom. The van der Waals surface area contributed by atoms with Gasteiger partial charge in [-0.05, 0) is 58.0 Å². The molecule has 30 heavy (non-hydrogen) atoms. The molecular formula is C17H11ClF2N8O2. The van der Waals surface area contributed by atoms with Crippen molar-refractivity contribution in [3.8, 4) is 11.4 Å². The summed E-state index contributed by atoms with van der Waals surface area (Å²) in [5, 5.41) is 37.5. The lowest BCUT2D eigenvalue weighted by Crippen LogP contribution is -2.28. The molecule has 152 valence electrons. The number of halogens is 3. The highest BCUT2D eigenvalue weighted by Gasteiger charge is 2.23. The van der Waals surface area contributed by atoms with Crippen LogP contribution in [0.15, 0.2) is 47.1 Å². The van der Waals surface area contributed by atoms with E-state index in [2.05, 4.69) is 25.8 Å². The maximum absolute atomic E-state index is 13.3. The SMILES string of the molecule is N=C(c1nonc1Cn1nnnc1-c1ccc(F)cc1)N(O)c1ccc(F)c(Cl)c1. The van der Waals surface area contributed by atoms with Crippen molar-refractivity contribution in [2.24, 2.45) is 0 Å². The minimum absolute atomic E-state index is 0.0368. The molecule has 0 saturated heterocycles. The molecule has 13 heteroatoms. The van der Waals surface area contributed by atoms with Crippen molar-refractivity contribution in [1.29, 1.82) is 5.41 Å². The standard InChI is InChI=1S/C17H11ClF2N8O2/c18-12-7-11(5-6-13(12)20)28(29)16(21)15-14(23-30-24-15)8-27-17(22-25-26-27)9-1-3-10(19)4-2-9/h1-7,21,29H,8H2. The lowest BCUT2D eigenvalue weighted by atomic mass is 10.2. The van der Waals surface area contributed by atoms with Crippen molar-refractivity contribution in [3.63, 3.8) is 0 Å². The van der Waals surface area contributed by atoms with Crippen LogP contribution < -0.4 is 5.06 Å². The molecule has 0 aliphatic carbocycles. The largest absolute Gasteiger partial charge is 0.282 e. The van der Waals surface area contributed by atoms with Gasteiger partial charge in [-0.1, -0.05) is 16.8 Å². The van der Waals surface area contributed by atoms with Crippen molar-refractivity contribution in [1.82, 2.24) is 30.5 Å². The van der Waals surface area contributed by atoms with Gasteiger partial charge in [-0.15, -0.1) is 5.10 Å². The van der Waals surface area contributed by atoms with Crippen molar-refractivity contribution in [2.45, 2.75) is 6.54 Å². The zero-order valence-electron chi connectivity index (χ0n) is 14.9. The molecule has 0 saturated carbocycles. The van der Waals surface area contributed by atoms with Crippen molar-refractivity contribution >= 4 is 23.1 Å². The Bertz CT molecular complexity index is 1210. The molecule has 2 N–H and O–H groups in total. The number of aromatic nitrogens is 6. The summed E-state index contributed by atoms with van der Waals surface area (Å²) in [6.07, 6.45) is 0. The Morgan fingerprint density at radius 2 is 1.93 bits per heavy atom. The zero-order valence-corrected chi connectivity index (χ0v) is 15.6. The molecule has 4 rings (SSSR count). The van der Waals surface area contributed by atoms with Crippen LogP contribution in [0.2, 0.25) is 5.02 Å². The van der Waals surface area contributed by atoms with Gasteiger partial charge in [0.25, 0.3) is 0 Å². The first kappa shape index (κ1) is 19.5. The van der Waals surface area contributed by atoms with E-state index < -0.39 is 17.5 Å². The topological polar surface area (TPSA) is 130 Å². The van der Waals surface area contributed by atoms with Crippen LogP contribution in [0.1, 0.15) is 11.4 Å². The highest BCUT2D eigenvalue weighted by molar-refractivity contribution is 6.31. The molecule has 10 nitrogen and oxygen atoms in total. The van der Waals surface area contributed by atoms with Gasteiger partial charge in [-0.2, -0.15) is 0 Å². The Labute approximate surface area is 171 Å². The first-order chi connectivity index (χ1) is 14.4. The molecule has 0 aliphatic rings. The number of hydroxylamine groups is 1. The van der Waals surface area contributed by atoms with Crippen LogP contribution in [-0.2, 0) is 6.54 Å². The van der Waals surface area contributed by atoms with E-state index in [9.17, 15) is 14.0 Å². The average molecular weight is 433 g/mol. The summed E-state index contributed by atoms with van der Waals surface area (Å²) in [6, 6.07) is 8.98. The number of tetrazole rings is 1. The molecule has 4 aromatic rings. The van der Waals surface area contributed by atoms with Crippen LogP contribution in [0.3, 0.4) is 0 Å². The highest BCUT2D eigenvalue weighted by Crippen LogP contribution is 2.23. The minimum atomic E-state index is -0.670. The van der Waals surface area contributed by atoms with E-state index in [0.29, 0.717) is 16.5 Å². The molecule has 0 radical (unpaired) electrons. The van der Waals surface area contributed by atoms with E-state index in [1.165, 1.54) is 35.0 Å². The second-order valence-corrected chi connectivity index (χ2v) is 6.39. The number of nitrogens with one attached hydrogen (secondary N) is 1. The van der Waals surface area contributed by atoms with Gasteiger partial charge in [0.2, 0.25) is 0 Å². The fourth-order valence-electron chi connectivity index (χ4n) is 2.60. The Kier molecular flexibility index (Phi) is 5.16. The number of hydrogen-bond donors (Lipinski definition) is 2. The van der Waals surface area contributed by atoms with Crippen molar-refractivity contribution in [3.05, 3.63) is 70.5 Å². The van der Waals surface area contributed by atoms with Crippen LogP contribution >= 0.6 is 11.6 Å². The number of hydrogen-bond acceptors (Lipinski definition) is 8. The van der Waals surface area contributed by atoms with Gasteiger partial charge < -0.3 is 0 Å². The lowest BCUT2D eigenvalue weighted by molar-refractivity contribution is 0.297. The summed E-state index contributed by atoms with van der Waals surface area (Å²) in [7, 11) is 0. The molecule has 0 unspecified atom stereocenters. The second kappa shape index (κ2) is 7.93. The van der Waals surface area contributed by atoms with Gasteiger partial charge in [-0.25, -0.2) is 23.2 Å². The van der Waals surface area contributed by atoms with Crippen LogP contribution in [-0.4, -0.2) is 41.6 Å². The van der Waals surface area contributed by atoms with Crippen LogP contribution in [0.25, 0.3) is 11.4 Å².